The summed E-state index contributed by atoms with van der Waals surface area (Å²) in [6.07, 6.45) is -1.32. The van der Waals surface area contributed by atoms with E-state index in [4.69, 9.17) is 20.9 Å². The van der Waals surface area contributed by atoms with Gasteiger partial charge in [-0.25, -0.2) is 9.59 Å². The lowest BCUT2D eigenvalue weighted by Crippen LogP contribution is -2.69. The minimum Gasteiger partial charge on any atom is -0.447 e. The maximum absolute atomic E-state index is 13.6. The molecule has 0 aliphatic carbocycles. The van der Waals surface area contributed by atoms with Crippen LogP contribution in [0.4, 0.5) is 21.1 Å². The van der Waals surface area contributed by atoms with E-state index in [2.05, 4.69) is 21.0 Å². The molecule has 1 heterocycles. The fourth-order valence-corrected chi connectivity index (χ4v) is 7.35. The summed E-state index contributed by atoms with van der Waals surface area (Å²) in [6.45, 7) is 10.3. The quantitative estimate of drug-likeness (QED) is 0.0866. The van der Waals surface area contributed by atoms with Crippen molar-refractivity contribution in [3.8, 4) is 0 Å². The molecular weight excluding hydrogens is 662 g/mol. The summed E-state index contributed by atoms with van der Waals surface area (Å²) in [5, 5.41) is 13.8. The number of aryl methyl sites for hydroxylation is 1. The van der Waals surface area contributed by atoms with Crippen LogP contribution in [-0.4, -0.2) is 52.0 Å². The highest BCUT2D eigenvalue weighted by Crippen LogP contribution is 2.49. The van der Waals surface area contributed by atoms with Crippen molar-refractivity contribution in [1.29, 1.82) is 0 Å². The minimum atomic E-state index is -1.52. The maximum Gasteiger partial charge on any atom is 0.405 e. The van der Waals surface area contributed by atoms with E-state index in [1.54, 1.807) is 53.3 Å². The van der Waals surface area contributed by atoms with Gasteiger partial charge in [0.15, 0.2) is 0 Å². The van der Waals surface area contributed by atoms with Crippen molar-refractivity contribution >= 4 is 35.5 Å². The zero-order chi connectivity index (χ0) is 38.3. The number of nitrogens with one attached hydrogen (secondary N) is 3. The van der Waals surface area contributed by atoms with Crippen LogP contribution in [0.25, 0.3) is 0 Å². The molecule has 0 radical (unpaired) electrons. The Hall–Kier alpha value is -5.85. The molecule has 1 unspecified atom stereocenters. The Morgan fingerprint density at radius 1 is 0.731 bits per heavy atom. The minimum absolute atomic E-state index is 0.330. The lowest BCUT2D eigenvalue weighted by Gasteiger charge is -2.55. The predicted molar refractivity (Wildman–Crippen MR) is 199 cm³/mol. The molecule has 0 saturated heterocycles. The molecule has 0 aliphatic heterocycles. The SMILES string of the molecule is Cn1ncc(NC(=O)CC(=O)NC(COC(N)=O)C(OC(N)=O)(C(C)(C)C)C(C)(C)C)c1NC(c1ccccc1)(c1ccccc1)c1ccccc1. The van der Waals surface area contributed by atoms with E-state index in [0.717, 1.165) is 16.7 Å². The van der Waals surface area contributed by atoms with E-state index in [-0.39, 0.29) is 0 Å². The molecule has 0 aliphatic rings. The molecule has 52 heavy (non-hydrogen) atoms. The fraction of sp³-hybridized carbons (Fsp3) is 0.359. The van der Waals surface area contributed by atoms with Gasteiger partial charge in [-0.3, -0.25) is 14.3 Å². The number of benzene rings is 3. The first-order chi connectivity index (χ1) is 24.4. The molecule has 1 aromatic heterocycles. The number of amides is 4. The maximum atomic E-state index is 13.6. The Balaban J connectivity index is 1.68. The number of hydrogen-bond acceptors (Lipinski definition) is 8. The summed E-state index contributed by atoms with van der Waals surface area (Å²) in [4.78, 5) is 51.2. The van der Waals surface area contributed by atoms with E-state index < -0.39 is 65.0 Å². The average Bonchev–Trinajstić information content (AvgIpc) is 3.41. The molecule has 0 fully saturated rings. The van der Waals surface area contributed by atoms with Gasteiger partial charge in [0.25, 0.3) is 0 Å². The first-order valence-corrected chi connectivity index (χ1v) is 16.9. The van der Waals surface area contributed by atoms with Gasteiger partial charge in [0.2, 0.25) is 11.8 Å². The van der Waals surface area contributed by atoms with Crippen molar-refractivity contribution in [2.45, 2.75) is 65.1 Å². The summed E-state index contributed by atoms with van der Waals surface area (Å²) in [7, 11) is 1.75. The van der Waals surface area contributed by atoms with Crippen LogP contribution in [0, 0.1) is 10.8 Å². The van der Waals surface area contributed by atoms with Gasteiger partial charge in [-0.2, -0.15) is 5.10 Å². The van der Waals surface area contributed by atoms with Crippen molar-refractivity contribution in [3.05, 3.63) is 114 Å². The van der Waals surface area contributed by atoms with E-state index in [0.29, 0.717) is 11.5 Å². The van der Waals surface area contributed by atoms with Crippen molar-refractivity contribution in [2.24, 2.45) is 29.3 Å². The van der Waals surface area contributed by atoms with Crippen LogP contribution in [0.5, 0.6) is 0 Å². The number of carbonyl (C=O) groups excluding carboxylic acids is 4. The molecule has 4 aromatic rings. The predicted octanol–water partition coefficient (Wildman–Crippen LogP) is 5.66. The highest BCUT2D eigenvalue weighted by Gasteiger charge is 2.60. The molecule has 0 saturated carbocycles. The van der Waals surface area contributed by atoms with Crippen LogP contribution >= 0.6 is 0 Å². The van der Waals surface area contributed by atoms with Gasteiger partial charge < -0.3 is 36.9 Å². The Morgan fingerprint density at radius 3 is 1.60 bits per heavy atom. The molecule has 13 heteroatoms. The number of anilines is 2. The molecule has 3 aromatic carbocycles. The van der Waals surface area contributed by atoms with Crippen molar-refractivity contribution < 1.29 is 28.7 Å². The highest BCUT2D eigenvalue weighted by atomic mass is 16.6. The largest absolute Gasteiger partial charge is 0.447 e. The summed E-state index contributed by atoms with van der Waals surface area (Å²) >= 11 is 0. The smallest absolute Gasteiger partial charge is 0.405 e. The molecule has 7 N–H and O–H groups in total. The average molecular weight is 712 g/mol. The number of ether oxygens (including phenoxy) is 2. The number of aromatic nitrogens is 2. The van der Waals surface area contributed by atoms with Crippen LogP contribution in [0.2, 0.25) is 0 Å². The van der Waals surface area contributed by atoms with Gasteiger partial charge in [0.05, 0.1) is 6.20 Å². The second-order valence-corrected chi connectivity index (χ2v) is 14.6. The van der Waals surface area contributed by atoms with Crippen molar-refractivity contribution in [1.82, 2.24) is 15.1 Å². The molecule has 4 amide bonds. The lowest BCUT2D eigenvalue weighted by molar-refractivity contribution is -0.170. The van der Waals surface area contributed by atoms with Gasteiger partial charge in [-0.05, 0) is 16.7 Å². The van der Waals surface area contributed by atoms with E-state index in [1.165, 1.54) is 6.20 Å². The number of nitrogens with two attached hydrogens (primary N) is 2. The van der Waals surface area contributed by atoms with Crippen molar-refractivity contribution in [2.75, 3.05) is 17.2 Å². The van der Waals surface area contributed by atoms with E-state index in [9.17, 15) is 19.2 Å². The van der Waals surface area contributed by atoms with Crippen LogP contribution in [-0.2, 0) is 31.6 Å². The summed E-state index contributed by atoms with van der Waals surface area (Å²) < 4.78 is 12.5. The molecule has 4 rings (SSSR count). The van der Waals surface area contributed by atoms with E-state index in [1.807, 2.05) is 91.0 Å². The number of rotatable bonds is 13. The van der Waals surface area contributed by atoms with Gasteiger partial charge in [-0.15, -0.1) is 0 Å². The monoisotopic (exact) mass is 711 g/mol. The number of hydrogen-bond donors (Lipinski definition) is 5. The molecule has 1 atom stereocenters. The van der Waals surface area contributed by atoms with Crippen LogP contribution in [0.15, 0.2) is 97.2 Å². The zero-order valence-corrected chi connectivity index (χ0v) is 30.7. The number of primary amides is 2. The van der Waals surface area contributed by atoms with Crippen LogP contribution < -0.4 is 27.4 Å². The Kier molecular flexibility index (Phi) is 11.7. The number of carbonyl (C=O) groups is 4. The molecule has 13 nitrogen and oxygen atoms in total. The van der Waals surface area contributed by atoms with Crippen LogP contribution in [0.3, 0.4) is 0 Å². The third-order valence-corrected chi connectivity index (χ3v) is 9.17. The zero-order valence-electron chi connectivity index (χ0n) is 30.7. The second-order valence-electron chi connectivity index (χ2n) is 14.6. The van der Waals surface area contributed by atoms with Gasteiger partial charge in [0, 0.05) is 17.9 Å². The molecule has 0 spiro atoms. The molecule has 0 bridgehead atoms. The third-order valence-electron chi connectivity index (χ3n) is 9.17. The van der Waals surface area contributed by atoms with Crippen molar-refractivity contribution in [3.63, 3.8) is 0 Å². The van der Waals surface area contributed by atoms with Gasteiger partial charge >= 0.3 is 12.2 Å². The Labute approximate surface area is 304 Å². The lowest BCUT2D eigenvalue weighted by atomic mass is 9.59. The Morgan fingerprint density at radius 2 is 1.19 bits per heavy atom. The molecule has 276 valence electrons. The summed E-state index contributed by atoms with van der Waals surface area (Å²) in [5.74, 6) is -0.902. The summed E-state index contributed by atoms with van der Waals surface area (Å²) in [5.41, 5.74) is 9.81. The third kappa shape index (κ3) is 8.20. The number of nitrogens with zero attached hydrogens (tertiary/aromatic N) is 2. The normalized spacial score (nSPS) is 12.7. The fourth-order valence-electron chi connectivity index (χ4n) is 7.35. The molecular formula is C39H49N7O6. The van der Waals surface area contributed by atoms with E-state index >= 15 is 0 Å². The standard InChI is InChI=1S/C39H49N7O6/c1-36(2,3)39(37(4,5)6,52-35(41)50)30(25-51-34(40)49)44-32(48)23-31(47)43-29-24-42-46(7)33(29)45-38(26-17-11-8-12-18-26,27-19-13-9-14-20-27)28-21-15-10-16-22-28/h8-22,24,30,45H,23,25H2,1-7H3,(H2,40,49)(H2,41,50)(H,43,47)(H,44,48). The van der Waals surface area contributed by atoms with Crippen LogP contribution in [0.1, 0.15) is 64.7 Å². The highest BCUT2D eigenvalue weighted by molar-refractivity contribution is 6.04. The van der Waals surface area contributed by atoms with Gasteiger partial charge in [0.1, 0.15) is 41.7 Å². The first kappa shape index (κ1) is 38.9. The van der Waals surface area contributed by atoms with Gasteiger partial charge in [-0.1, -0.05) is 133 Å². The topological polar surface area (TPSA) is 193 Å². The Bertz CT molecular complexity index is 1740. The second kappa shape index (κ2) is 15.6. The summed E-state index contributed by atoms with van der Waals surface area (Å²) in [6, 6.07) is 28.7. The first-order valence-electron chi connectivity index (χ1n) is 16.9.